The van der Waals surface area contributed by atoms with Crippen molar-refractivity contribution in [1.29, 1.82) is 0 Å². The van der Waals surface area contributed by atoms with Crippen LogP contribution in [0.1, 0.15) is 39.5 Å². The van der Waals surface area contributed by atoms with Crippen molar-refractivity contribution in [2.24, 2.45) is 0 Å². The van der Waals surface area contributed by atoms with Gasteiger partial charge in [-0.15, -0.1) is 0 Å². The first-order chi connectivity index (χ1) is 8.21. The van der Waals surface area contributed by atoms with Crippen molar-refractivity contribution in [2.45, 2.75) is 51.6 Å². The van der Waals surface area contributed by atoms with E-state index in [4.69, 9.17) is 4.74 Å². The van der Waals surface area contributed by atoms with Gasteiger partial charge in [-0.05, 0) is 32.4 Å². The molecule has 0 spiro atoms. The van der Waals surface area contributed by atoms with E-state index >= 15 is 0 Å². The number of carbonyl (C=O) groups excluding carboxylic acids is 1. The van der Waals surface area contributed by atoms with E-state index in [1.54, 1.807) is 0 Å². The molecule has 1 aliphatic carbocycles. The number of unbranched alkanes of at least 4 members (excludes halogenated alkanes) is 1. The van der Waals surface area contributed by atoms with Crippen molar-refractivity contribution >= 4 is 5.97 Å². The minimum Gasteiger partial charge on any atom is -0.468 e. The average Bonchev–Trinajstić information content (AvgIpc) is 3.15. The molecule has 1 saturated carbocycles. The summed E-state index contributed by atoms with van der Waals surface area (Å²) in [6.45, 7) is 7.14. The molecule has 100 valence electrons. The van der Waals surface area contributed by atoms with Gasteiger partial charge in [0.1, 0.15) is 6.04 Å². The van der Waals surface area contributed by atoms with Crippen LogP contribution in [-0.4, -0.2) is 49.7 Å². The predicted octanol–water partition coefficient (Wildman–Crippen LogP) is 1.40. The molecule has 17 heavy (non-hydrogen) atoms. The van der Waals surface area contributed by atoms with Crippen molar-refractivity contribution < 1.29 is 9.53 Å². The molecule has 1 N–H and O–H groups in total. The summed E-state index contributed by atoms with van der Waals surface area (Å²) in [5, 5.41) is 3.37. The molecule has 1 unspecified atom stereocenters. The SMILES string of the molecule is CCCCN(CC)CC(NC1CC1)C(=O)OC. The number of hydrogen-bond acceptors (Lipinski definition) is 4. The Labute approximate surface area is 105 Å². The Bertz CT molecular complexity index is 229. The summed E-state index contributed by atoms with van der Waals surface area (Å²) in [6.07, 6.45) is 4.75. The number of nitrogens with zero attached hydrogens (tertiary/aromatic N) is 1. The number of ether oxygens (including phenoxy) is 1. The lowest BCUT2D eigenvalue weighted by atomic mass is 10.2. The Morgan fingerprint density at radius 3 is 2.65 bits per heavy atom. The van der Waals surface area contributed by atoms with Gasteiger partial charge in [-0.1, -0.05) is 20.3 Å². The molecule has 0 aromatic carbocycles. The molecular weight excluding hydrogens is 216 g/mol. The maximum absolute atomic E-state index is 11.7. The van der Waals surface area contributed by atoms with Gasteiger partial charge >= 0.3 is 5.97 Å². The molecule has 0 radical (unpaired) electrons. The first kappa shape index (κ1) is 14.5. The van der Waals surface area contributed by atoms with Crippen molar-refractivity contribution in [1.82, 2.24) is 10.2 Å². The largest absolute Gasteiger partial charge is 0.468 e. The molecule has 0 aliphatic heterocycles. The van der Waals surface area contributed by atoms with Gasteiger partial charge in [-0.25, -0.2) is 0 Å². The van der Waals surface area contributed by atoms with Crippen LogP contribution in [0.5, 0.6) is 0 Å². The van der Waals surface area contributed by atoms with Crippen LogP contribution in [-0.2, 0) is 9.53 Å². The number of methoxy groups -OCH3 is 1. The fraction of sp³-hybridized carbons (Fsp3) is 0.923. The molecule has 0 bridgehead atoms. The molecule has 0 heterocycles. The number of rotatable bonds is 9. The Kier molecular flexibility index (Phi) is 6.52. The number of likely N-dealkylation sites (N-methyl/N-ethyl adjacent to an activating group) is 1. The lowest BCUT2D eigenvalue weighted by Gasteiger charge is -2.25. The average molecular weight is 242 g/mol. The summed E-state index contributed by atoms with van der Waals surface area (Å²) >= 11 is 0. The molecule has 0 aromatic heterocycles. The highest BCUT2D eigenvalue weighted by Gasteiger charge is 2.29. The van der Waals surface area contributed by atoms with Crippen LogP contribution in [0.15, 0.2) is 0 Å². The molecular formula is C13H26N2O2. The second-order valence-electron chi connectivity index (χ2n) is 4.76. The van der Waals surface area contributed by atoms with Gasteiger partial charge in [-0.2, -0.15) is 0 Å². The lowest BCUT2D eigenvalue weighted by Crippen LogP contribution is -2.47. The van der Waals surface area contributed by atoms with Crippen LogP contribution < -0.4 is 5.32 Å². The molecule has 1 fully saturated rings. The third kappa shape index (κ3) is 5.50. The second kappa shape index (κ2) is 7.67. The zero-order chi connectivity index (χ0) is 12.7. The van der Waals surface area contributed by atoms with Crippen LogP contribution in [0.4, 0.5) is 0 Å². The topological polar surface area (TPSA) is 41.6 Å². The smallest absolute Gasteiger partial charge is 0.324 e. The first-order valence-corrected chi connectivity index (χ1v) is 6.77. The summed E-state index contributed by atoms with van der Waals surface area (Å²) in [6, 6.07) is 0.369. The van der Waals surface area contributed by atoms with Gasteiger partial charge in [0.25, 0.3) is 0 Å². The Morgan fingerprint density at radius 1 is 1.47 bits per heavy atom. The van der Waals surface area contributed by atoms with E-state index in [9.17, 15) is 4.79 Å². The van der Waals surface area contributed by atoms with Crippen molar-refractivity contribution in [2.75, 3.05) is 26.7 Å². The maximum Gasteiger partial charge on any atom is 0.324 e. The van der Waals surface area contributed by atoms with Gasteiger partial charge in [0.15, 0.2) is 0 Å². The van der Waals surface area contributed by atoms with Crippen LogP contribution in [0.2, 0.25) is 0 Å². The number of esters is 1. The molecule has 0 saturated heterocycles. The van der Waals surface area contributed by atoms with E-state index in [0.29, 0.717) is 6.04 Å². The van der Waals surface area contributed by atoms with E-state index in [-0.39, 0.29) is 12.0 Å². The lowest BCUT2D eigenvalue weighted by molar-refractivity contribution is -0.143. The zero-order valence-electron chi connectivity index (χ0n) is 11.4. The predicted molar refractivity (Wildman–Crippen MR) is 69.0 cm³/mol. The van der Waals surface area contributed by atoms with Crippen LogP contribution >= 0.6 is 0 Å². The molecule has 1 aliphatic rings. The van der Waals surface area contributed by atoms with Gasteiger partial charge in [0.2, 0.25) is 0 Å². The fourth-order valence-corrected chi connectivity index (χ4v) is 1.89. The minimum absolute atomic E-state index is 0.133. The van der Waals surface area contributed by atoms with E-state index in [2.05, 4.69) is 24.1 Å². The van der Waals surface area contributed by atoms with Gasteiger partial charge in [-0.3, -0.25) is 4.79 Å². The summed E-state index contributed by atoms with van der Waals surface area (Å²) in [5.41, 5.74) is 0. The quantitative estimate of drug-likeness (QED) is 0.621. The third-order valence-corrected chi connectivity index (χ3v) is 3.22. The Hall–Kier alpha value is -0.610. The molecule has 1 atom stereocenters. The van der Waals surface area contributed by atoms with Gasteiger partial charge in [0.05, 0.1) is 7.11 Å². The Morgan fingerprint density at radius 2 is 2.18 bits per heavy atom. The van der Waals surface area contributed by atoms with E-state index < -0.39 is 0 Å². The zero-order valence-corrected chi connectivity index (χ0v) is 11.4. The van der Waals surface area contributed by atoms with Crippen LogP contribution in [0.25, 0.3) is 0 Å². The highest BCUT2D eigenvalue weighted by molar-refractivity contribution is 5.76. The van der Waals surface area contributed by atoms with Gasteiger partial charge < -0.3 is 15.0 Å². The summed E-state index contributed by atoms with van der Waals surface area (Å²) in [4.78, 5) is 14.0. The van der Waals surface area contributed by atoms with Crippen LogP contribution in [0.3, 0.4) is 0 Å². The minimum atomic E-state index is -0.163. The maximum atomic E-state index is 11.7. The fourth-order valence-electron chi connectivity index (χ4n) is 1.89. The second-order valence-corrected chi connectivity index (χ2v) is 4.76. The highest BCUT2D eigenvalue weighted by atomic mass is 16.5. The first-order valence-electron chi connectivity index (χ1n) is 6.77. The van der Waals surface area contributed by atoms with E-state index in [1.165, 1.54) is 32.8 Å². The number of carbonyl (C=O) groups is 1. The van der Waals surface area contributed by atoms with Crippen molar-refractivity contribution in [3.05, 3.63) is 0 Å². The molecule has 0 aromatic rings. The summed E-state index contributed by atoms with van der Waals surface area (Å²) < 4.78 is 4.86. The Balaban J connectivity index is 2.40. The number of hydrogen-bond donors (Lipinski definition) is 1. The summed E-state index contributed by atoms with van der Waals surface area (Å²) in [5.74, 6) is -0.133. The van der Waals surface area contributed by atoms with Crippen molar-refractivity contribution in [3.63, 3.8) is 0 Å². The highest BCUT2D eigenvalue weighted by Crippen LogP contribution is 2.19. The summed E-state index contributed by atoms with van der Waals surface area (Å²) in [7, 11) is 1.46. The third-order valence-electron chi connectivity index (χ3n) is 3.22. The number of nitrogens with one attached hydrogen (secondary N) is 1. The molecule has 4 nitrogen and oxygen atoms in total. The standard InChI is InChI=1S/C13H26N2O2/c1-4-6-9-15(5-2)10-12(13(16)17-3)14-11-7-8-11/h11-12,14H,4-10H2,1-3H3. The normalized spacial score (nSPS) is 17.2. The van der Waals surface area contributed by atoms with E-state index in [1.807, 2.05) is 0 Å². The van der Waals surface area contributed by atoms with E-state index in [0.717, 1.165) is 19.6 Å². The van der Waals surface area contributed by atoms with Crippen molar-refractivity contribution in [3.8, 4) is 0 Å². The monoisotopic (exact) mass is 242 g/mol. The molecule has 1 rings (SSSR count). The van der Waals surface area contributed by atoms with Crippen LogP contribution in [0, 0.1) is 0 Å². The van der Waals surface area contributed by atoms with Gasteiger partial charge in [0, 0.05) is 12.6 Å². The molecule has 4 heteroatoms. The molecule has 0 amide bonds.